The number of nitrogen functional groups attached to an aromatic ring is 1. The van der Waals surface area contributed by atoms with Gasteiger partial charge in [0.25, 0.3) is 0 Å². The summed E-state index contributed by atoms with van der Waals surface area (Å²) in [6.45, 7) is 7.53. The van der Waals surface area contributed by atoms with Crippen molar-refractivity contribution in [1.82, 2.24) is 10.3 Å². The standard InChI is InChI=1S/C17H21N3O2/c1-3-19-16-7-12(22-4-2)6-13-14-8-20-17(18)5-11(14)9-21-10-15(13)16/h3,5-6,8,12,19H,1,4,7,9-10H2,2H3,(H2,18,20). The van der Waals surface area contributed by atoms with Crippen LogP contribution in [0.25, 0.3) is 5.57 Å². The highest BCUT2D eigenvalue weighted by Gasteiger charge is 2.27. The first-order valence-electron chi connectivity index (χ1n) is 7.48. The maximum atomic E-state index is 5.82. The smallest absolute Gasteiger partial charge is 0.123 e. The second-order valence-corrected chi connectivity index (χ2v) is 5.34. The molecule has 1 aliphatic carbocycles. The summed E-state index contributed by atoms with van der Waals surface area (Å²) in [7, 11) is 0. The zero-order valence-electron chi connectivity index (χ0n) is 12.8. The number of aromatic nitrogens is 1. The van der Waals surface area contributed by atoms with E-state index < -0.39 is 0 Å². The fourth-order valence-corrected chi connectivity index (χ4v) is 2.98. The van der Waals surface area contributed by atoms with Gasteiger partial charge in [0.1, 0.15) is 5.82 Å². The molecule has 1 unspecified atom stereocenters. The van der Waals surface area contributed by atoms with Crippen molar-refractivity contribution in [3.05, 3.63) is 53.5 Å². The Morgan fingerprint density at radius 1 is 1.55 bits per heavy atom. The first-order chi connectivity index (χ1) is 10.7. The van der Waals surface area contributed by atoms with Gasteiger partial charge in [0.05, 0.1) is 19.3 Å². The summed E-state index contributed by atoms with van der Waals surface area (Å²) in [5.41, 5.74) is 11.3. The Labute approximate surface area is 130 Å². The number of hydrogen-bond donors (Lipinski definition) is 2. The van der Waals surface area contributed by atoms with Crippen LogP contribution in [0.1, 0.15) is 24.5 Å². The zero-order chi connectivity index (χ0) is 15.5. The van der Waals surface area contributed by atoms with Gasteiger partial charge in [-0.25, -0.2) is 4.98 Å². The minimum atomic E-state index is 0.0368. The van der Waals surface area contributed by atoms with Crippen LogP contribution < -0.4 is 11.1 Å². The molecule has 0 amide bonds. The molecule has 0 saturated heterocycles. The van der Waals surface area contributed by atoms with E-state index in [0.717, 1.165) is 34.4 Å². The molecule has 5 nitrogen and oxygen atoms in total. The lowest BCUT2D eigenvalue weighted by molar-refractivity contribution is 0.0940. The van der Waals surface area contributed by atoms with Gasteiger partial charge < -0.3 is 20.5 Å². The van der Waals surface area contributed by atoms with Gasteiger partial charge in [0, 0.05) is 36.1 Å². The zero-order valence-corrected chi connectivity index (χ0v) is 12.8. The van der Waals surface area contributed by atoms with E-state index in [-0.39, 0.29) is 6.10 Å². The third kappa shape index (κ3) is 2.77. The van der Waals surface area contributed by atoms with Crippen LogP contribution in [0.4, 0.5) is 5.82 Å². The van der Waals surface area contributed by atoms with Gasteiger partial charge in [-0.2, -0.15) is 0 Å². The maximum Gasteiger partial charge on any atom is 0.123 e. The van der Waals surface area contributed by atoms with Crippen LogP contribution in [0, 0.1) is 0 Å². The van der Waals surface area contributed by atoms with Crippen LogP contribution in [0.5, 0.6) is 0 Å². The highest BCUT2D eigenvalue weighted by molar-refractivity contribution is 5.83. The van der Waals surface area contributed by atoms with Crippen molar-refractivity contribution in [2.45, 2.75) is 26.1 Å². The molecule has 2 aliphatic rings. The normalized spacial score (nSPS) is 20.6. The monoisotopic (exact) mass is 299 g/mol. The third-order valence-corrected chi connectivity index (χ3v) is 3.91. The molecular formula is C17H21N3O2. The Morgan fingerprint density at radius 3 is 3.18 bits per heavy atom. The molecule has 0 fully saturated rings. The SMILES string of the molecule is C=CNC1=C2COCc3cc(N)ncc3C2=CC(OCC)C1. The minimum Gasteiger partial charge on any atom is -0.384 e. The molecule has 3 N–H and O–H groups in total. The molecule has 3 rings (SSSR count). The molecule has 1 aromatic rings. The van der Waals surface area contributed by atoms with E-state index in [1.54, 1.807) is 6.20 Å². The van der Waals surface area contributed by atoms with Crippen LogP contribution in [0.3, 0.4) is 0 Å². The Morgan fingerprint density at radius 2 is 2.41 bits per heavy atom. The molecule has 1 aliphatic heterocycles. The van der Waals surface area contributed by atoms with Crippen molar-refractivity contribution in [1.29, 1.82) is 0 Å². The summed E-state index contributed by atoms with van der Waals surface area (Å²) in [6, 6.07) is 1.88. The van der Waals surface area contributed by atoms with Crippen LogP contribution >= 0.6 is 0 Å². The van der Waals surface area contributed by atoms with Crippen molar-refractivity contribution in [3.8, 4) is 0 Å². The second kappa shape index (κ2) is 6.34. The summed E-state index contributed by atoms with van der Waals surface area (Å²) >= 11 is 0. The summed E-state index contributed by atoms with van der Waals surface area (Å²) in [6.07, 6.45) is 6.51. The Hall–Kier alpha value is -2.11. The molecule has 0 spiro atoms. The number of pyridine rings is 1. The lowest BCUT2D eigenvalue weighted by Gasteiger charge is -2.26. The van der Waals surface area contributed by atoms with Gasteiger partial charge in [-0.1, -0.05) is 6.58 Å². The molecule has 0 aromatic carbocycles. The number of hydrogen-bond acceptors (Lipinski definition) is 5. The summed E-state index contributed by atoms with van der Waals surface area (Å²) in [4.78, 5) is 4.24. The van der Waals surface area contributed by atoms with Crippen LogP contribution in [0.2, 0.25) is 0 Å². The van der Waals surface area contributed by atoms with E-state index in [2.05, 4.69) is 23.0 Å². The van der Waals surface area contributed by atoms with Crippen LogP contribution in [0.15, 0.2) is 42.4 Å². The highest BCUT2D eigenvalue weighted by atomic mass is 16.5. The van der Waals surface area contributed by atoms with E-state index in [9.17, 15) is 0 Å². The number of anilines is 1. The molecule has 116 valence electrons. The van der Waals surface area contributed by atoms with Gasteiger partial charge >= 0.3 is 0 Å². The Bertz CT molecular complexity index is 649. The molecule has 5 heteroatoms. The number of fused-ring (bicyclic) bond motifs is 3. The predicted molar refractivity (Wildman–Crippen MR) is 86.7 cm³/mol. The van der Waals surface area contributed by atoms with E-state index in [4.69, 9.17) is 15.2 Å². The molecular weight excluding hydrogens is 278 g/mol. The number of nitrogens with one attached hydrogen (secondary N) is 1. The first kappa shape index (κ1) is 14.8. The molecule has 0 radical (unpaired) electrons. The van der Waals surface area contributed by atoms with Gasteiger partial charge in [-0.3, -0.25) is 0 Å². The van der Waals surface area contributed by atoms with Gasteiger partial charge in [-0.15, -0.1) is 0 Å². The maximum absolute atomic E-state index is 5.82. The molecule has 22 heavy (non-hydrogen) atoms. The lowest BCUT2D eigenvalue weighted by atomic mass is 9.88. The average molecular weight is 299 g/mol. The molecule has 1 atom stereocenters. The Balaban J connectivity index is 2.10. The van der Waals surface area contributed by atoms with Crippen LogP contribution in [-0.2, 0) is 16.1 Å². The van der Waals surface area contributed by atoms with Crippen molar-refractivity contribution >= 4 is 11.4 Å². The summed E-state index contributed by atoms with van der Waals surface area (Å²) < 4.78 is 11.6. The van der Waals surface area contributed by atoms with E-state index in [1.807, 2.05) is 19.2 Å². The average Bonchev–Trinajstić information content (AvgIpc) is 2.67. The van der Waals surface area contributed by atoms with E-state index >= 15 is 0 Å². The summed E-state index contributed by atoms with van der Waals surface area (Å²) in [5.74, 6) is 0.511. The quantitative estimate of drug-likeness (QED) is 0.893. The van der Waals surface area contributed by atoms with E-state index in [1.165, 1.54) is 0 Å². The van der Waals surface area contributed by atoms with Gasteiger partial charge in [0.2, 0.25) is 0 Å². The second-order valence-electron chi connectivity index (χ2n) is 5.34. The highest BCUT2D eigenvalue weighted by Crippen LogP contribution is 2.37. The molecule has 1 aromatic heterocycles. The fraction of sp³-hybridized carbons (Fsp3) is 0.353. The van der Waals surface area contributed by atoms with Crippen LogP contribution in [-0.4, -0.2) is 24.3 Å². The van der Waals surface area contributed by atoms with Crippen molar-refractivity contribution < 1.29 is 9.47 Å². The largest absolute Gasteiger partial charge is 0.384 e. The van der Waals surface area contributed by atoms with Crippen molar-refractivity contribution in [3.63, 3.8) is 0 Å². The number of ether oxygens (including phenoxy) is 2. The van der Waals surface area contributed by atoms with E-state index in [0.29, 0.717) is 25.6 Å². The molecule has 0 bridgehead atoms. The third-order valence-electron chi connectivity index (χ3n) is 3.91. The topological polar surface area (TPSA) is 69.4 Å². The fourth-order valence-electron chi connectivity index (χ4n) is 2.98. The number of nitrogens with two attached hydrogens (primary N) is 1. The van der Waals surface area contributed by atoms with Crippen molar-refractivity contribution in [2.24, 2.45) is 0 Å². The van der Waals surface area contributed by atoms with Crippen molar-refractivity contribution in [2.75, 3.05) is 18.9 Å². The van der Waals surface area contributed by atoms with Gasteiger partial charge in [-0.05, 0) is 36.4 Å². The number of rotatable bonds is 4. The Kier molecular flexibility index (Phi) is 4.27. The number of nitrogens with zero attached hydrogens (tertiary/aromatic N) is 1. The van der Waals surface area contributed by atoms with Gasteiger partial charge in [0.15, 0.2) is 0 Å². The molecule has 0 saturated carbocycles. The lowest BCUT2D eigenvalue weighted by Crippen LogP contribution is -2.23. The summed E-state index contributed by atoms with van der Waals surface area (Å²) in [5, 5.41) is 3.24. The minimum absolute atomic E-state index is 0.0368. The first-order valence-corrected chi connectivity index (χ1v) is 7.48. The predicted octanol–water partition coefficient (Wildman–Crippen LogP) is 2.37. The molecule has 2 heterocycles.